The molecule has 3 rings (SSSR count). The average molecular weight is 307 g/mol. The molecule has 22 heavy (non-hydrogen) atoms. The predicted molar refractivity (Wildman–Crippen MR) is 69.7 cm³/mol. The van der Waals surface area contributed by atoms with Gasteiger partial charge >= 0.3 is 6.18 Å². The maximum atomic E-state index is 12.6. The third-order valence-corrected chi connectivity index (χ3v) is 2.96. The highest BCUT2D eigenvalue weighted by Gasteiger charge is 2.30. The number of alkyl halides is 3. The largest absolute Gasteiger partial charge is 0.417 e. The summed E-state index contributed by atoms with van der Waals surface area (Å²) in [7, 11) is 0. The molecule has 0 atom stereocenters. The Morgan fingerprint density at radius 1 is 1.23 bits per heavy atom. The smallest absolute Gasteiger partial charge is 0.364 e. The Morgan fingerprint density at radius 2 is 2.00 bits per heavy atom. The molecule has 0 saturated carbocycles. The summed E-state index contributed by atoms with van der Waals surface area (Å²) in [5.74, 6) is -0.760. The zero-order valence-electron chi connectivity index (χ0n) is 10.9. The molecule has 3 heterocycles. The van der Waals surface area contributed by atoms with Crippen LogP contribution in [-0.2, 0) is 6.18 Å². The van der Waals surface area contributed by atoms with Gasteiger partial charge in [-0.2, -0.15) is 13.2 Å². The van der Waals surface area contributed by atoms with E-state index in [1.807, 2.05) is 0 Å². The topological polar surface area (TPSA) is 86.2 Å². The summed E-state index contributed by atoms with van der Waals surface area (Å²) in [4.78, 5) is 23.1. The van der Waals surface area contributed by atoms with E-state index in [4.69, 9.17) is 5.73 Å². The normalized spacial score (nSPS) is 11.8. The van der Waals surface area contributed by atoms with Gasteiger partial charge in [-0.15, -0.1) is 0 Å². The van der Waals surface area contributed by atoms with Crippen LogP contribution in [0, 0.1) is 0 Å². The minimum Gasteiger partial charge on any atom is -0.364 e. The summed E-state index contributed by atoms with van der Waals surface area (Å²) >= 11 is 0. The number of halogens is 3. The summed E-state index contributed by atoms with van der Waals surface area (Å²) < 4.78 is 39.2. The summed E-state index contributed by atoms with van der Waals surface area (Å²) in [6, 6.07) is 2.06. The fraction of sp³-hybridized carbons (Fsp3) is 0.0769. The highest BCUT2D eigenvalue weighted by molar-refractivity contribution is 5.91. The van der Waals surface area contributed by atoms with Crippen LogP contribution in [0.25, 0.3) is 17.0 Å². The van der Waals surface area contributed by atoms with Gasteiger partial charge in [-0.1, -0.05) is 0 Å². The Morgan fingerprint density at radius 3 is 2.59 bits per heavy atom. The molecule has 6 nitrogen and oxygen atoms in total. The van der Waals surface area contributed by atoms with Crippen molar-refractivity contribution in [2.75, 3.05) is 0 Å². The second-order valence-corrected chi connectivity index (χ2v) is 4.43. The van der Waals surface area contributed by atoms with E-state index in [1.165, 1.54) is 22.9 Å². The number of imidazole rings is 1. The number of aromatic nitrogens is 4. The molecule has 0 radical (unpaired) electrons. The number of amides is 1. The number of primary amides is 1. The van der Waals surface area contributed by atoms with E-state index in [2.05, 4.69) is 15.0 Å². The Hall–Kier alpha value is -2.97. The number of hydrogen-bond donors (Lipinski definition) is 1. The van der Waals surface area contributed by atoms with Gasteiger partial charge < -0.3 is 10.1 Å². The quantitative estimate of drug-likeness (QED) is 0.783. The molecule has 0 aliphatic carbocycles. The molecule has 0 bridgehead atoms. The fourth-order valence-electron chi connectivity index (χ4n) is 1.92. The number of carbonyl (C=O) groups excluding carboxylic acids is 1. The van der Waals surface area contributed by atoms with Gasteiger partial charge in [0.25, 0.3) is 5.91 Å². The number of pyridine rings is 1. The Bertz CT molecular complexity index is 854. The molecular weight excluding hydrogens is 299 g/mol. The minimum absolute atomic E-state index is 0.0396. The monoisotopic (exact) mass is 307 g/mol. The first-order valence-corrected chi connectivity index (χ1v) is 6.03. The molecular formula is C13H8F3N5O. The zero-order valence-corrected chi connectivity index (χ0v) is 10.9. The average Bonchev–Trinajstić information content (AvgIpc) is 2.93. The summed E-state index contributed by atoms with van der Waals surface area (Å²) in [5, 5.41) is 0. The summed E-state index contributed by atoms with van der Waals surface area (Å²) in [5.41, 5.74) is 4.98. The van der Waals surface area contributed by atoms with Gasteiger partial charge in [0.15, 0.2) is 5.65 Å². The van der Waals surface area contributed by atoms with Gasteiger partial charge in [-0.25, -0.2) is 9.97 Å². The van der Waals surface area contributed by atoms with E-state index in [0.717, 1.165) is 6.07 Å². The highest BCUT2D eigenvalue weighted by atomic mass is 19.4. The van der Waals surface area contributed by atoms with E-state index in [0.29, 0.717) is 11.8 Å². The van der Waals surface area contributed by atoms with Gasteiger partial charge in [0.05, 0.1) is 11.3 Å². The van der Waals surface area contributed by atoms with Crippen molar-refractivity contribution in [1.29, 1.82) is 0 Å². The number of carbonyl (C=O) groups is 1. The molecule has 0 spiro atoms. The number of rotatable bonds is 2. The number of nitrogens with zero attached hydrogens (tertiary/aromatic N) is 4. The fourth-order valence-corrected chi connectivity index (χ4v) is 1.92. The maximum Gasteiger partial charge on any atom is 0.417 e. The van der Waals surface area contributed by atoms with Crippen molar-refractivity contribution in [1.82, 2.24) is 19.4 Å². The molecule has 0 aromatic carbocycles. The Labute approximate surface area is 121 Å². The van der Waals surface area contributed by atoms with Crippen molar-refractivity contribution in [2.24, 2.45) is 5.73 Å². The van der Waals surface area contributed by atoms with E-state index in [-0.39, 0.29) is 17.1 Å². The zero-order chi connectivity index (χ0) is 15.9. The van der Waals surface area contributed by atoms with Crippen molar-refractivity contribution >= 4 is 11.6 Å². The molecule has 2 N–H and O–H groups in total. The molecule has 1 amide bonds. The van der Waals surface area contributed by atoms with Crippen molar-refractivity contribution in [3.63, 3.8) is 0 Å². The molecule has 112 valence electrons. The van der Waals surface area contributed by atoms with Crippen LogP contribution in [0.5, 0.6) is 0 Å². The first-order chi connectivity index (χ1) is 10.4. The van der Waals surface area contributed by atoms with Gasteiger partial charge in [-0.05, 0) is 12.1 Å². The Balaban J connectivity index is 2.17. The predicted octanol–water partition coefficient (Wildman–Crippen LogP) is 1.91. The molecule has 3 aromatic heterocycles. The van der Waals surface area contributed by atoms with Crippen LogP contribution in [0.2, 0.25) is 0 Å². The molecule has 3 aromatic rings. The molecule has 0 unspecified atom stereocenters. The minimum atomic E-state index is -4.48. The third-order valence-electron chi connectivity index (χ3n) is 2.96. The van der Waals surface area contributed by atoms with Crippen molar-refractivity contribution in [3.8, 4) is 11.4 Å². The second kappa shape index (κ2) is 4.79. The van der Waals surface area contributed by atoms with E-state index in [1.54, 1.807) is 6.20 Å². The van der Waals surface area contributed by atoms with E-state index >= 15 is 0 Å². The second-order valence-electron chi connectivity index (χ2n) is 4.43. The van der Waals surface area contributed by atoms with Crippen molar-refractivity contribution in [2.45, 2.75) is 6.18 Å². The van der Waals surface area contributed by atoms with Crippen LogP contribution in [0.1, 0.15) is 16.1 Å². The number of nitrogens with two attached hydrogens (primary N) is 1. The van der Waals surface area contributed by atoms with E-state index in [9.17, 15) is 18.0 Å². The lowest BCUT2D eigenvalue weighted by Gasteiger charge is -2.08. The highest BCUT2D eigenvalue weighted by Crippen LogP contribution is 2.30. The maximum absolute atomic E-state index is 12.6. The standard InChI is InChI=1S/C13H8F3N5O/c14-13(15,16)7-1-2-8(19-5-7)10-12-18-3-4-21(12)6-9(20-10)11(17)22/h1-6H,(H2,17,22). The van der Waals surface area contributed by atoms with Gasteiger partial charge in [0, 0.05) is 24.8 Å². The van der Waals surface area contributed by atoms with Gasteiger partial charge in [0.1, 0.15) is 11.4 Å². The lowest BCUT2D eigenvalue weighted by Crippen LogP contribution is -2.15. The molecule has 0 aliphatic heterocycles. The molecule has 0 aliphatic rings. The molecule has 0 fully saturated rings. The van der Waals surface area contributed by atoms with Crippen LogP contribution in [0.3, 0.4) is 0 Å². The van der Waals surface area contributed by atoms with Gasteiger partial charge in [-0.3, -0.25) is 9.78 Å². The van der Waals surface area contributed by atoms with Crippen molar-refractivity contribution in [3.05, 3.63) is 48.2 Å². The Kier molecular flexibility index (Phi) is 3.05. The number of hydrogen-bond acceptors (Lipinski definition) is 4. The van der Waals surface area contributed by atoms with Crippen LogP contribution in [-0.4, -0.2) is 25.3 Å². The van der Waals surface area contributed by atoms with Crippen molar-refractivity contribution < 1.29 is 18.0 Å². The van der Waals surface area contributed by atoms with Crippen LogP contribution in [0.15, 0.2) is 36.9 Å². The SMILES string of the molecule is NC(=O)c1cn2ccnc2c(-c2ccc(C(F)(F)F)cn2)n1. The van der Waals surface area contributed by atoms with Crippen LogP contribution in [0.4, 0.5) is 13.2 Å². The van der Waals surface area contributed by atoms with Gasteiger partial charge in [0.2, 0.25) is 0 Å². The summed E-state index contributed by atoms with van der Waals surface area (Å²) in [6.45, 7) is 0. The third kappa shape index (κ3) is 2.36. The first kappa shape index (κ1) is 14.0. The van der Waals surface area contributed by atoms with E-state index < -0.39 is 17.6 Å². The van der Waals surface area contributed by atoms with Crippen LogP contribution < -0.4 is 5.73 Å². The lowest BCUT2D eigenvalue weighted by molar-refractivity contribution is -0.137. The first-order valence-electron chi connectivity index (χ1n) is 6.03. The van der Waals surface area contributed by atoms with Crippen LogP contribution >= 0.6 is 0 Å². The lowest BCUT2D eigenvalue weighted by atomic mass is 10.2. The number of fused-ring (bicyclic) bond motifs is 1. The molecule has 9 heteroatoms. The summed E-state index contributed by atoms with van der Waals surface area (Å²) in [6.07, 6.45) is 0.648. The molecule has 0 saturated heterocycles.